The van der Waals surface area contributed by atoms with E-state index in [1.54, 1.807) is 26.2 Å². The standard InChI is InChI=1S/C25H32N6O2S/c1-32-16-13-22-29-23-24(19-10-4-6-12-21(19)28-25(23)26)31(22)15-8-7-14-27-34-17-18-9-3-5-11-20(18)30-33-2/h3-6,9-12,27,30H,7-8,13-17H2,1-2H3,(H2,26,28). The molecule has 0 amide bonds. The van der Waals surface area contributed by atoms with Crippen LogP contribution in [0.5, 0.6) is 0 Å². The lowest BCUT2D eigenvalue weighted by molar-refractivity contribution is 0.199. The van der Waals surface area contributed by atoms with Crippen molar-refractivity contribution in [1.82, 2.24) is 19.3 Å². The molecule has 2 heterocycles. The van der Waals surface area contributed by atoms with Gasteiger partial charge in [0, 0.05) is 37.8 Å². The van der Waals surface area contributed by atoms with Gasteiger partial charge in [-0.25, -0.2) is 9.97 Å². The number of imidazole rings is 1. The molecule has 0 aliphatic carbocycles. The summed E-state index contributed by atoms with van der Waals surface area (Å²) in [6.45, 7) is 2.41. The zero-order valence-corrected chi connectivity index (χ0v) is 20.5. The minimum Gasteiger partial charge on any atom is -0.384 e. The summed E-state index contributed by atoms with van der Waals surface area (Å²) >= 11 is 1.71. The van der Waals surface area contributed by atoms with Crippen LogP contribution in [0.1, 0.15) is 24.2 Å². The summed E-state index contributed by atoms with van der Waals surface area (Å²) < 4.78 is 11.1. The van der Waals surface area contributed by atoms with Gasteiger partial charge >= 0.3 is 0 Å². The molecule has 4 N–H and O–H groups in total. The molecule has 0 fully saturated rings. The van der Waals surface area contributed by atoms with Crippen molar-refractivity contribution in [1.29, 1.82) is 0 Å². The summed E-state index contributed by atoms with van der Waals surface area (Å²) in [7, 11) is 3.34. The number of nitrogens with zero attached hydrogens (tertiary/aromatic N) is 3. The van der Waals surface area contributed by atoms with Crippen molar-refractivity contribution in [3.8, 4) is 0 Å². The highest BCUT2D eigenvalue weighted by molar-refractivity contribution is 7.96. The second-order valence-electron chi connectivity index (χ2n) is 7.99. The normalized spacial score (nSPS) is 11.5. The number of aryl methyl sites for hydroxylation is 1. The van der Waals surface area contributed by atoms with Gasteiger partial charge in [0.15, 0.2) is 5.82 Å². The third kappa shape index (κ3) is 5.61. The Hall–Kier alpha value is -2.85. The number of aromatic nitrogens is 3. The quantitative estimate of drug-likeness (QED) is 0.146. The van der Waals surface area contributed by atoms with Gasteiger partial charge in [-0.2, -0.15) is 0 Å². The lowest BCUT2D eigenvalue weighted by Gasteiger charge is -2.12. The van der Waals surface area contributed by atoms with Gasteiger partial charge in [-0.3, -0.25) is 15.0 Å². The number of para-hydroxylation sites is 2. The fourth-order valence-corrected chi connectivity index (χ4v) is 4.85. The molecule has 180 valence electrons. The number of pyridine rings is 1. The summed E-state index contributed by atoms with van der Waals surface area (Å²) in [4.78, 5) is 14.5. The monoisotopic (exact) mass is 480 g/mol. The first-order valence-corrected chi connectivity index (χ1v) is 12.4. The van der Waals surface area contributed by atoms with Gasteiger partial charge in [0.1, 0.15) is 11.3 Å². The maximum atomic E-state index is 6.28. The molecule has 4 rings (SSSR count). The van der Waals surface area contributed by atoms with Crippen LogP contribution in [0.15, 0.2) is 48.5 Å². The van der Waals surface area contributed by atoms with Crippen LogP contribution in [-0.2, 0) is 28.3 Å². The van der Waals surface area contributed by atoms with Crippen molar-refractivity contribution in [2.75, 3.05) is 38.6 Å². The summed E-state index contributed by atoms with van der Waals surface area (Å²) in [5, 5.41) is 1.08. The summed E-state index contributed by atoms with van der Waals surface area (Å²) in [6, 6.07) is 16.3. The van der Waals surface area contributed by atoms with Crippen LogP contribution in [0.3, 0.4) is 0 Å². The largest absolute Gasteiger partial charge is 0.384 e. The Morgan fingerprint density at radius 2 is 1.85 bits per heavy atom. The molecule has 0 aliphatic rings. The minimum atomic E-state index is 0.479. The molecule has 0 atom stereocenters. The van der Waals surface area contributed by atoms with E-state index in [0.717, 1.165) is 71.6 Å². The Morgan fingerprint density at radius 1 is 1.03 bits per heavy atom. The average molecular weight is 481 g/mol. The van der Waals surface area contributed by atoms with E-state index in [2.05, 4.69) is 31.9 Å². The molecule has 2 aromatic carbocycles. The van der Waals surface area contributed by atoms with E-state index in [1.165, 1.54) is 5.56 Å². The van der Waals surface area contributed by atoms with Crippen LogP contribution >= 0.6 is 11.9 Å². The zero-order valence-electron chi connectivity index (χ0n) is 19.7. The summed E-state index contributed by atoms with van der Waals surface area (Å²) in [6.07, 6.45) is 2.81. The van der Waals surface area contributed by atoms with Crippen LogP contribution in [0.4, 0.5) is 11.5 Å². The molecule has 0 unspecified atom stereocenters. The number of anilines is 2. The number of ether oxygens (including phenoxy) is 1. The highest BCUT2D eigenvalue weighted by atomic mass is 32.2. The number of hydrogen-bond acceptors (Lipinski definition) is 8. The molecule has 0 saturated carbocycles. The van der Waals surface area contributed by atoms with Crippen molar-refractivity contribution in [2.24, 2.45) is 0 Å². The zero-order chi connectivity index (χ0) is 23.8. The number of fused-ring (bicyclic) bond motifs is 3. The Kier molecular flexibility index (Phi) is 8.59. The molecule has 4 aromatic rings. The van der Waals surface area contributed by atoms with Gasteiger partial charge in [0.25, 0.3) is 0 Å². The highest BCUT2D eigenvalue weighted by Crippen LogP contribution is 2.29. The van der Waals surface area contributed by atoms with E-state index in [4.69, 9.17) is 20.3 Å². The first-order valence-electron chi connectivity index (χ1n) is 11.5. The highest BCUT2D eigenvalue weighted by Gasteiger charge is 2.16. The van der Waals surface area contributed by atoms with Crippen molar-refractivity contribution >= 4 is 45.4 Å². The second-order valence-corrected chi connectivity index (χ2v) is 8.85. The molecule has 0 aliphatic heterocycles. The molecular formula is C25H32N6O2S. The average Bonchev–Trinajstić information content (AvgIpc) is 3.22. The van der Waals surface area contributed by atoms with E-state index in [9.17, 15) is 0 Å². The molecule has 0 bridgehead atoms. The topological polar surface area (TPSA) is 99.3 Å². The molecule has 0 spiro atoms. The molecule has 2 aromatic heterocycles. The number of nitrogens with two attached hydrogens (primary N) is 1. The van der Waals surface area contributed by atoms with E-state index >= 15 is 0 Å². The van der Waals surface area contributed by atoms with Crippen molar-refractivity contribution in [3.63, 3.8) is 0 Å². The first kappa shape index (κ1) is 24.3. The third-order valence-electron chi connectivity index (χ3n) is 5.69. The second kappa shape index (κ2) is 12.0. The van der Waals surface area contributed by atoms with E-state index < -0.39 is 0 Å². The number of unbranched alkanes of at least 4 members (excludes halogenated alkanes) is 1. The molecule has 8 nitrogen and oxygen atoms in total. The third-order valence-corrected chi connectivity index (χ3v) is 6.55. The smallest absolute Gasteiger partial charge is 0.152 e. The number of nitrogen functional groups attached to an aromatic ring is 1. The lowest BCUT2D eigenvalue weighted by Crippen LogP contribution is -2.10. The molecule has 9 heteroatoms. The van der Waals surface area contributed by atoms with Gasteiger partial charge in [0.05, 0.1) is 30.4 Å². The number of benzene rings is 2. The van der Waals surface area contributed by atoms with Crippen LogP contribution in [0.2, 0.25) is 0 Å². The lowest BCUT2D eigenvalue weighted by atomic mass is 10.2. The number of rotatable bonds is 13. The van der Waals surface area contributed by atoms with Gasteiger partial charge in [-0.05, 0) is 30.5 Å². The van der Waals surface area contributed by atoms with Crippen molar-refractivity contribution < 1.29 is 9.57 Å². The van der Waals surface area contributed by atoms with Crippen LogP contribution in [-0.4, -0.2) is 41.9 Å². The number of nitrogens with one attached hydrogen (secondary N) is 2. The fraction of sp³-hybridized carbons (Fsp3) is 0.360. The SMILES string of the molecule is COCCc1nc2c(N)nc3ccccc3c2n1CCCCNSCc1ccccc1NOC. The van der Waals surface area contributed by atoms with E-state index in [-0.39, 0.29) is 0 Å². The molecule has 34 heavy (non-hydrogen) atoms. The van der Waals surface area contributed by atoms with Crippen LogP contribution in [0.25, 0.3) is 21.9 Å². The van der Waals surface area contributed by atoms with Crippen LogP contribution in [0, 0.1) is 0 Å². The van der Waals surface area contributed by atoms with Gasteiger partial charge in [-0.1, -0.05) is 48.3 Å². The van der Waals surface area contributed by atoms with Gasteiger partial charge in [0.2, 0.25) is 0 Å². The molecule has 0 saturated heterocycles. The minimum absolute atomic E-state index is 0.479. The van der Waals surface area contributed by atoms with E-state index in [0.29, 0.717) is 12.4 Å². The fourth-order valence-electron chi connectivity index (χ4n) is 4.05. The molecule has 0 radical (unpaired) electrons. The van der Waals surface area contributed by atoms with Crippen molar-refractivity contribution in [3.05, 3.63) is 59.9 Å². The number of hydrogen-bond donors (Lipinski definition) is 3. The summed E-state index contributed by atoms with van der Waals surface area (Å²) in [5.74, 6) is 2.33. The maximum absolute atomic E-state index is 6.28. The number of methoxy groups -OCH3 is 1. The van der Waals surface area contributed by atoms with Gasteiger partial charge in [-0.15, -0.1) is 0 Å². The van der Waals surface area contributed by atoms with E-state index in [1.807, 2.05) is 36.4 Å². The molecular weight excluding hydrogens is 448 g/mol. The van der Waals surface area contributed by atoms with Crippen molar-refractivity contribution in [2.45, 2.75) is 31.6 Å². The Balaban J connectivity index is 1.38. The predicted octanol–water partition coefficient (Wildman–Crippen LogP) is 4.55. The Morgan fingerprint density at radius 3 is 2.71 bits per heavy atom. The Labute approximate surface area is 204 Å². The maximum Gasteiger partial charge on any atom is 0.152 e. The Bertz CT molecular complexity index is 1230. The first-order chi connectivity index (χ1) is 16.7. The predicted molar refractivity (Wildman–Crippen MR) is 141 cm³/mol. The van der Waals surface area contributed by atoms with Gasteiger partial charge < -0.3 is 15.0 Å². The van der Waals surface area contributed by atoms with Crippen LogP contribution < -0.4 is 15.9 Å². The summed E-state index contributed by atoms with van der Waals surface area (Å²) in [5.41, 5.74) is 14.2.